The molecule has 224 valence electrons. The van der Waals surface area contributed by atoms with Crippen molar-refractivity contribution >= 4 is 33.4 Å². The molecule has 11 nitrogen and oxygen atoms in total. The molecule has 1 atom stereocenters. The quantitative estimate of drug-likeness (QED) is 0.302. The van der Waals surface area contributed by atoms with Gasteiger partial charge in [0.15, 0.2) is 5.82 Å². The first kappa shape index (κ1) is 27.3. The van der Waals surface area contributed by atoms with Gasteiger partial charge in [-0.25, -0.2) is 19.9 Å². The molecule has 0 spiro atoms. The Balaban J connectivity index is 0.884. The van der Waals surface area contributed by atoms with Crippen LogP contribution >= 0.6 is 0 Å². The Hall–Kier alpha value is -5.29. The van der Waals surface area contributed by atoms with Crippen LogP contribution in [-0.2, 0) is 4.79 Å². The fraction of sp³-hybridized carbons (Fsp3) is 0.265. The molecular weight excluding hydrogens is 564 g/mol. The molecule has 1 amide bonds. The second-order valence-corrected chi connectivity index (χ2v) is 11.7. The monoisotopic (exact) mass is 596 g/mol. The number of benzene rings is 2. The maximum atomic E-state index is 13.3. The van der Waals surface area contributed by atoms with Gasteiger partial charge in [-0.05, 0) is 67.6 Å². The molecule has 0 aliphatic carbocycles. The second kappa shape index (κ2) is 11.7. The van der Waals surface area contributed by atoms with Crippen LogP contribution in [0.5, 0.6) is 0 Å². The molecule has 2 aliphatic heterocycles. The minimum Gasteiger partial charge on any atom is -0.368 e. The van der Waals surface area contributed by atoms with Crippen LogP contribution in [0.1, 0.15) is 18.2 Å². The van der Waals surface area contributed by atoms with Crippen LogP contribution < -0.4 is 4.90 Å². The van der Waals surface area contributed by atoms with Gasteiger partial charge < -0.3 is 9.80 Å². The minimum atomic E-state index is 0.192. The lowest BCUT2D eigenvalue weighted by Crippen LogP contribution is -2.51. The van der Waals surface area contributed by atoms with Gasteiger partial charge in [0.25, 0.3) is 0 Å². The summed E-state index contributed by atoms with van der Waals surface area (Å²) in [5, 5.41) is 9.69. The molecule has 0 saturated carbocycles. The number of piperazine rings is 1. The summed E-state index contributed by atoms with van der Waals surface area (Å²) >= 11 is 0. The molecule has 4 aromatic heterocycles. The van der Waals surface area contributed by atoms with Crippen molar-refractivity contribution in [2.75, 3.05) is 50.7 Å². The molecule has 2 saturated heterocycles. The van der Waals surface area contributed by atoms with Crippen LogP contribution in [0, 0.1) is 0 Å². The van der Waals surface area contributed by atoms with E-state index in [4.69, 9.17) is 9.97 Å². The summed E-state index contributed by atoms with van der Waals surface area (Å²) in [5.74, 6) is 1.95. The minimum absolute atomic E-state index is 0.192. The zero-order valence-electron chi connectivity index (χ0n) is 24.8. The Morgan fingerprint density at radius 1 is 0.867 bits per heavy atom. The third-order valence-electron chi connectivity index (χ3n) is 8.92. The Morgan fingerprint density at radius 2 is 1.67 bits per heavy atom. The number of aromatic nitrogens is 7. The van der Waals surface area contributed by atoms with Crippen molar-refractivity contribution in [1.29, 1.82) is 0 Å². The predicted octanol–water partition coefficient (Wildman–Crippen LogP) is 4.16. The Bertz CT molecular complexity index is 1950. The van der Waals surface area contributed by atoms with Crippen LogP contribution in [0.15, 0.2) is 85.6 Å². The van der Waals surface area contributed by atoms with Crippen molar-refractivity contribution in [3.05, 3.63) is 91.4 Å². The zero-order chi connectivity index (χ0) is 30.2. The highest BCUT2D eigenvalue weighted by Gasteiger charge is 2.30. The molecule has 8 rings (SSSR count). The molecule has 6 heterocycles. The number of amides is 1. The van der Waals surface area contributed by atoms with E-state index in [1.807, 2.05) is 29.3 Å². The average molecular weight is 597 g/mol. The van der Waals surface area contributed by atoms with E-state index < -0.39 is 0 Å². The van der Waals surface area contributed by atoms with Crippen molar-refractivity contribution < 1.29 is 4.79 Å². The fourth-order valence-electron chi connectivity index (χ4n) is 6.45. The molecule has 2 fully saturated rings. The molecule has 0 bridgehead atoms. The molecule has 6 aromatic rings. The van der Waals surface area contributed by atoms with Gasteiger partial charge in [0.2, 0.25) is 5.91 Å². The summed E-state index contributed by atoms with van der Waals surface area (Å²) in [6, 6.07) is 18.2. The van der Waals surface area contributed by atoms with Gasteiger partial charge in [0.05, 0.1) is 17.6 Å². The Labute approximate surface area is 260 Å². The van der Waals surface area contributed by atoms with E-state index >= 15 is 0 Å². The number of nitrogens with one attached hydrogen (secondary N) is 1. The number of carbonyl (C=O) groups excluding carboxylic acids is 1. The molecule has 0 radical (unpaired) electrons. The van der Waals surface area contributed by atoms with Crippen molar-refractivity contribution in [2.45, 2.75) is 12.3 Å². The number of rotatable bonds is 6. The smallest absolute Gasteiger partial charge is 0.236 e. The van der Waals surface area contributed by atoms with Crippen LogP contribution in [0.25, 0.3) is 44.5 Å². The van der Waals surface area contributed by atoms with Gasteiger partial charge >= 0.3 is 0 Å². The number of pyridine rings is 1. The van der Waals surface area contributed by atoms with E-state index in [2.05, 4.69) is 71.3 Å². The van der Waals surface area contributed by atoms with Gasteiger partial charge in [-0.3, -0.25) is 19.8 Å². The molecular formula is C34H32N10O. The van der Waals surface area contributed by atoms with E-state index in [9.17, 15) is 4.79 Å². The SMILES string of the molecule is O=C(CN1CC[C@@H](c2ncc3cc4[nH]nc(-c5ccncc5)c4cc3n2)C1)N1CCN(c2ccc(-c3ncccn3)cc2)CC1. The highest BCUT2D eigenvalue weighted by molar-refractivity contribution is 6.01. The normalized spacial score (nSPS) is 17.4. The van der Waals surface area contributed by atoms with Crippen LogP contribution in [0.2, 0.25) is 0 Å². The highest BCUT2D eigenvalue weighted by Crippen LogP contribution is 2.31. The summed E-state index contributed by atoms with van der Waals surface area (Å²) in [5.41, 5.74) is 5.90. The molecule has 0 unspecified atom stereocenters. The van der Waals surface area contributed by atoms with E-state index in [-0.39, 0.29) is 11.8 Å². The number of H-pyrrole nitrogens is 1. The van der Waals surface area contributed by atoms with Crippen molar-refractivity contribution in [3.63, 3.8) is 0 Å². The molecule has 2 aliphatic rings. The van der Waals surface area contributed by atoms with Gasteiger partial charge in [-0.1, -0.05) is 0 Å². The van der Waals surface area contributed by atoms with E-state index in [1.54, 1.807) is 24.8 Å². The third kappa shape index (κ3) is 5.46. The number of nitrogens with zero attached hydrogens (tertiary/aromatic N) is 9. The number of aromatic amines is 1. The predicted molar refractivity (Wildman–Crippen MR) is 172 cm³/mol. The lowest BCUT2D eigenvalue weighted by Gasteiger charge is -2.36. The summed E-state index contributed by atoms with van der Waals surface area (Å²) in [6.07, 6.45) is 9.90. The maximum Gasteiger partial charge on any atom is 0.236 e. The number of hydrogen-bond donors (Lipinski definition) is 1. The first-order valence-electron chi connectivity index (χ1n) is 15.4. The van der Waals surface area contributed by atoms with E-state index in [0.29, 0.717) is 6.54 Å². The topological polar surface area (TPSA) is 120 Å². The summed E-state index contributed by atoms with van der Waals surface area (Å²) < 4.78 is 0. The number of anilines is 1. The number of likely N-dealkylation sites (tertiary alicyclic amines) is 1. The Kier molecular flexibility index (Phi) is 7.07. The van der Waals surface area contributed by atoms with Gasteiger partial charge in [0, 0.05) is 97.2 Å². The number of hydrogen-bond acceptors (Lipinski definition) is 9. The molecule has 11 heteroatoms. The first-order chi connectivity index (χ1) is 22.2. The summed E-state index contributed by atoms with van der Waals surface area (Å²) in [6.45, 7) is 5.14. The first-order valence-corrected chi connectivity index (χ1v) is 15.4. The molecule has 45 heavy (non-hydrogen) atoms. The average Bonchev–Trinajstić information content (AvgIpc) is 3.75. The summed E-state index contributed by atoms with van der Waals surface area (Å²) in [4.78, 5) is 42.4. The number of fused-ring (bicyclic) bond motifs is 2. The van der Waals surface area contributed by atoms with Crippen LogP contribution in [-0.4, -0.2) is 96.6 Å². The van der Waals surface area contributed by atoms with E-state index in [1.165, 1.54) is 0 Å². The van der Waals surface area contributed by atoms with E-state index in [0.717, 1.165) is 102 Å². The second-order valence-electron chi connectivity index (χ2n) is 11.7. The van der Waals surface area contributed by atoms with Crippen molar-refractivity contribution in [1.82, 2.24) is 44.9 Å². The Morgan fingerprint density at radius 3 is 2.47 bits per heavy atom. The summed E-state index contributed by atoms with van der Waals surface area (Å²) in [7, 11) is 0. The maximum absolute atomic E-state index is 13.3. The largest absolute Gasteiger partial charge is 0.368 e. The van der Waals surface area contributed by atoms with Crippen molar-refractivity contribution in [2.24, 2.45) is 0 Å². The standard InChI is InChI=1S/C34H32N10O/c45-31(44-16-14-43(15-17-44)27-4-2-24(3-5-27)33-36-9-1-10-37-33)22-42-13-8-25(21-42)34-38-20-26-18-30-28(19-29(26)39-34)32(41-40-30)23-6-11-35-12-7-23/h1-7,9-12,18-20,25H,8,13-17,21-22H2,(H,40,41)/t25-/m1/s1. The zero-order valence-corrected chi connectivity index (χ0v) is 24.8. The molecule has 2 aromatic carbocycles. The van der Waals surface area contributed by atoms with Crippen molar-refractivity contribution in [3.8, 4) is 22.6 Å². The van der Waals surface area contributed by atoms with Gasteiger partial charge in [-0.15, -0.1) is 0 Å². The van der Waals surface area contributed by atoms with Crippen LogP contribution in [0.4, 0.5) is 5.69 Å². The number of carbonyl (C=O) groups is 1. The lowest BCUT2D eigenvalue weighted by atomic mass is 10.1. The van der Waals surface area contributed by atoms with Crippen LogP contribution in [0.3, 0.4) is 0 Å². The van der Waals surface area contributed by atoms with Gasteiger partial charge in [0.1, 0.15) is 11.5 Å². The third-order valence-corrected chi connectivity index (χ3v) is 8.92. The van der Waals surface area contributed by atoms with Gasteiger partial charge in [-0.2, -0.15) is 5.10 Å². The highest BCUT2D eigenvalue weighted by atomic mass is 16.2. The fourth-order valence-corrected chi connectivity index (χ4v) is 6.45. The lowest BCUT2D eigenvalue weighted by molar-refractivity contribution is -0.132. The molecule has 1 N–H and O–H groups in total.